The molecule has 4 heterocycles. The minimum absolute atomic E-state index is 0.0964. The first kappa shape index (κ1) is 22.0. The van der Waals surface area contributed by atoms with Crippen molar-refractivity contribution < 1.29 is 19.4 Å². The van der Waals surface area contributed by atoms with Gasteiger partial charge in [-0.2, -0.15) is 5.10 Å². The van der Waals surface area contributed by atoms with Gasteiger partial charge in [0, 0.05) is 18.2 Å². The third-order valence-electron chi connectivity index (χ3n) is 5.63. The predicted octanol–water partition coefficient (Wildman–Crippen LogP) is 4.59. The van der Waals surface area contributed by atoms with Crippen LogP contribution in [0.2, 0.25) is 0 Å². The quantitative estimate of drug-likeness (QED) is 0.367. The number of hydrogen-bond donors (Lipinski definition) is 3. The van der Waals surface area contributed by atoms with Crippen molar-refractivity contribution in [1.29, 1.82) is 0 Å². The topological polar surface area (TPSA) is 131 Å². The molecule has 5 rings (SSSR count). The molecule has 1 saturated heterocycles. The van der Waals surface area contributed by atoms with E-state index in [1.807, 2.05) is 23.7 Å². The molecule has 1 unspecified atom stereocenters. The zero-order valence-electron chi connectivity index (χ0n) is 18.3. The van der Waals surface area contributed by atoms with Gasteiger partial charge in [0.25, 0.3) is 5.91 Å². The average molecular weight is 479 g/mol. The summed E-state index contributed by atoms with van der Waals surface area (Å²) in [5, 5.41) is 20.9. The Kier molecular flexibility index (Phi) is 5.95. The van der Waals surface area contributed by atoms with E-state index < -0.39 is 5.97 Å². The van der Waals surface area contributed by atoms with E-state index in [1.54, 1.807) is 6.20 Å². The lowest BCUT2D eigenvalue weighted by Crippen LogP contribution is -2.19. The molecule has 4 aromatic rings. The van der Waals surface area contributed by atoms with Crippen LogP contribution in [0.15, 0.2) is 42.9 Å². The number of thiazole rings is 1. The summed E-state index contributed by atoms with van der Waals surface area (Å²) in [4.78, 5) is 32.9. The van der Waals surface area contributed by atoms with Crippen LogP contribution in [0.25, 0.3) is 10.9 Å². The first-order valence-corrected chi connectivity index (χ1v) is 11.6. The Balaban J connectivity index is 1.35. The van der Waals surface area contributed by atoms with Crippen molar-refractivity contribution in [2.75, 3.05) is 17.2 Å². The number of carbonyl (C=O) groups is 2. The van der Waals surface area contributed by atoms with Crippen LogP contribution in [0.3, 0.4) is 0 Å². The molecule has 0 aliphatic carbocycles. The molecule has 1 aliphatic rings. The molecule has 0 bridgehead atoms. The van der Waals surface area contributed by atoms with Gasteiger partial charge in [0.2, 0.25) is 0 Å². The number of aryl methyl sites for hydroxylation is 1. The number of ether oxygens (including phenoxy) is 1. The summed E-state index contributed by atoms with van der Waals surface area (Å²) in [5.74, 6) is -1.01. The molecule has 0 radical (unpaired) electrons. The summed E-state index contributed by atoms with van der Waals surface area (Å²) in [6.07, 6.45) is 7.60. The molecule has 34 heavy (non-hydrogen) atoms. The zero-order valence-corrected chi connectivity index (χ0v) is 19.1. The molecule has 1 amide bonds. The molecule has 10 nitrogen and oxygen atoms in total. The Labute approximate surface area is 198 Å². The number of nitrogens with one attached hydrogen (secondary N) is 2. The minimum Gasteiger partial charge on any atom is -0.478 e. The number of aromatic nitrogens is 4. The SMILES string of the molecule is Cc1ccc2c(cnn2C2CCCCO2)c1NC(=O)c1cnc(Nc2cc(C(=O)O)ccn2)s1. The third-order valence-corrected chi connectivity index (χ3v) is 6.54. The van der Waals surface area contributed by atoms with Crippen molar-refractivity contribution in [3.8, 4) is 0 Å². The van der Waals surface area contributed by atoms with Crippen molar-refractivity contribution in [3.63, 3.8) is 0 Å². The van der Waals surface area contributed by atoms with Crippen LogP contribution in [0, 0.1) is 6.92 Å². The highest BCUT2D eigenvalue weighted by Gasteiger charge is 2.21. The molecular formula is C23H22N6O4S. The van der Waals surface area contributed by atoms with Gasteiger partial charge in [-0.25, -0.2) is 19.4 Å². The largest absolute Gasteiger partial charge is 0.478 e. The Morgan fingerprint density at radius 3 is 2.88 bits per heavy atom. The van der Waals surface area contributed by atoms with Crippen LogP contribution in [0.5, 0.6) is 0 Å². The number of carboxylic acids is 1. The monoisotopic (exact) mass is 478 g/mol. The Morgan fingerprint density at radius 1 is 1.21 bits per heavy atom. The summed E-state index contributed by atoms with van der Waals surface area (Å²) in [6, 6.07) is 6.76. The molecule has 11 heteroatoms. The number of hydrogen-bond acceptors (Lipinski definition) is 8. The minimum atomic E-state index is -1.05. The van der Waals surface area contributed by atoms with Gasteiger partial charge in [0.1, 0.15) is 10.7 Å². The van der Waals surface area contributed by atoms with Gasteiger partial charge in [-0.3, -0.25) is 4.79 Å². The number of anilines is 3. The Morgan fingerprint density at radius 2 is 2.09 bits per heavy atom. The van der Waals surface area contributed by atoms with Gasteiger partial charge in [-0.05, 0) is 49.9 Å². The van der Waals surface area contributed by atoms with Crippen molar-refractivity contribution in [2.24, 2.45) is 0 Å². The van der Waals surface area contributed by atoms with Gasteiger partial charge in [-0.1, -0.05) is 17.4 Å². The van der Waals surface area contributed by atoms with Crippen molar-refractivity contribution >= 4 is 50.8 Å². The van der Waals surface area contributed by atoms with E-state index in [9.17, 15) is 9.59 Å². The van der Waals surface area contributed by atoms with Gasteiger partial charge in [-0.15, -0.1) is 0 Å². The second-order valence-electron chi connectivity index (χ2n) is 7.94. The summed E-state index contributed by atoms with van der Waals surface area (Å²) in [5.41, 5.74) is 2.63. The number of carbonyl (C=O) groups excluding carboxylic acids is 1. The number of carboxylic acid groups (broad SMARTS) is 1. The highest BCUT2D eigenvalue weighted by Crippen LogP contribution is 2.32. The number of rotatable bonds is 6. The van der Waals surface area contributed by atoms with Crippen LogP contribution in [0.1, 0.15) is 51.1 Å². The maximum Gasteiger partial charge on any atom is 0.335 e. The van der Waals surface area contributed by atoms with E-state index >= 15 is 0 Å². The molecule has 1 aromatic carbocycles. The second kappa shape index (κ2) is 9.20. The molecule has 3 N–H and O–H groups in total. The number of fused-ring (bicyclic) bond motifs is 1. The Bertz CT molecular complexity index is 1380. The zero-order chi connectivity index (χ0) is 23.7. The fourth-order valence-electron chi connectivity index (χ4n) is 3.90. The number of pyridine rings is 1. The van der Waals surface area contributed by atoms with Crippen LogP contribution >= 0.6 is 11.3 Å². The van der Waals surface area contributed by atoms with Gasteiger partial charge in [0.05, 0.1) is 29.2 Å². The normalized spacial score (nSPS) is 15.9. The fraction of sp³-hybridized carbons (Fsp3) is 0.261. The van der Waals surface area contributed by atoms with Crippen LogP contribution in [-0.2, 0) is 4.74 Å². The number of benzene rings is 1. The number of nitrogens with zero attached hydrogens (tertiary/aromatic N) is 4. The van der Waals surface area contributed by atoms with E-state index in [0.717, 1.165) is 53.7 Å². The summed E-state index contributed by atoms with van der Waals surface area (Å²) >= 11 is 1.15. The van der Waals surface area contributed by atoms with Crippen molar-refractivity contribution in [3.05, 3.63) is 58.9 Å². The first-order chi connectivity index (χ1) is 16.5. The number of aromatic carboxylic acids is 1. The smallest absolute Gasteiger partial charge is 0.335 e. The summed E-state index contributed by atoms with van der Waals surface area (Å²) < 4.78 is 7.77. The van der Waals surface area contributed by atoms with Crippen LogP contribution in [0.4, 0.5) is 16.6 Å². The molecule has 1 aliphatic heterocycles. The van der Waals surface area contributed by atoms with E-state index in [2.05, 4.69) is 25.7 Å². The van der Waals surface area contributed by atoms with Crippen LogP contribution < -0.4 is 10.6 Å². The first-order valence-electron chi connectivity index (χ1n) is 10.8. The maximum absolute atomic E-state index is 13.0. The fourth-order valence-corrected chi connectivity index (χ4v) is 4.61. The van der Waals surface area contributed by atoms with Gasteiger partial charge < -0.3 is 20.5 Å². The lowest BCUT2D eigenvalue weighted by molar-refractivity contribution is -0.0366. The number of amides is 1. The molecular weight excluding hydrogens is 456 g/mol. The van der Waals surface area contributed by atoms with Crippen LogP contribution in [-0.4, -0.2) is 43.3 Å². The molecule has 1 fully saturated rings. The maximum atomic E-state index is 13.0. The molecule has 0 saturated carbocycles. The van der Waals surface area contributed by atoms with E-state index in [-0.39, 0.29) is 17.7 Å². The second-order valence-corrected chi connectivity index (χ2v) is 8.97. The highest BCUT2D eigenvalue weighted by molar-refractivity contribution is 7.17. The third kappa shape index (κ3) is 4.35. The highest BCUT2D eigenvalue weighted by atomic mass is 32.1. The molecule has 0 spiro atoms. The molecule has 174 valence electrons. The van der Waals surface area contributed by atoms with Crippen molar-refractivity contribution in [1.82, 2.24) is 19.7 Å². The molecule has 3 aromatic heterocycles. The standard InChI is InChI=1S/C23H22N6O4S/c1-13-5-6-16-15(11-26-29(16)19-4-2-3-9-33-19)20(13)28-21(30)17-12-25-23(34-17)27-18-10-14(22(31)32)7-8-24-18/h5-8,10-12,19H,2-4,9H2,1H3,(H,28,30)(H,31,32)(H,24,25,27). The lowest BCUT2D eigenvalue weighted by atomic mass is 10.1. The van der Waals surface area contributed by atoms with E-state index in [1.165, 1.54) is 24.5 Å². The molecule has 1 atom stereocenters. The van der Waals surface area contributed by atoms with Crippen molar-refractivity contribution in [2.45, 2.75) is 32.4 Å². The van der Waals surface area contributed by atoms with Gasteiger partial charge in [0.15, 0.2) is 11.4 Å². The summed E-state index contributed by atoms with van der Waals surface area (Å²) in [6.45, 7) is 2.66. The van der Waals surface area contributed by atoms with E-state index in [4.69, 9.17) is 9.84 Å². The van der Waals surface area contributed by atoms with E-state index in [0.29, 0.717) is 21.5 Å². The lowest BCUT2D eigenvalue weighted by Gasteiger charge is -2.23. The average Bonchev–Trinajstić information content (AvgIpc) is 3.49. The summed E-state index contributed by atoms with van der Waals surface area (Å²) in [7, 11) is 0. The Hall–Kier alpha value is -3.83. The van der Waals surface area contributed by atoms with Gasteiger partial charge >= 0.3 is 5.97 Å². The predicted molar refractivity (Wildman–Crippen MR) is 128 cm³/mol.